The van der Waals surface area contributed by atoms with Crippen molar-refractivity contribution in [2.75, 3.05) is 13.1 Å². The third-order valence-electron chi connectivity index (χ3n) is 6.44. The third-order valence-corrected chi connectivity index (χ3v) is 6.44. The number of imide groups is 1. The van der Waals surface area contributed by atoms with Crippen LogP contribution in [0.25, 0.3) is 0 Å². The Labute approximate surface area is 154 Å². The molecule has 1 aliphatic carbocycles. The van der Waals surface area contributed by atoms with Crippen molar-refractivity contribution in [3.63, 3.8) is 0 Å². The van der Waals surface area contributed by atoms with E-state index in [0.29, 0.717) is 18.8 Å². The molecule has 5 nitrogen and oxygen atoms in total. The van der Waals surface area contributed by atoms with Crippen LogP contribution in [0.2, 0.25) is 0 Å². The van der Waals surface area contributed by atoms with E-state index in [4.69, 9.17) is 0 Å². The molecule has 4 rings (SSSR count). The first-order chi connectivity index (χ1) is 12.6. The summed E-state index contributed by atoms with van der Waals surface area (Å²) in [6, 6.07) is 10.5. The zero-order chi connectivity index (χ0) is 18.1. The van der Waals surface area contributed by atoms with Gasteiger partial charge in [-0.25, -0.2) is 0 Å². The van der Waals surface area contributed by atoms with Gasteiger partial charge in [-0.1, -0.05) is 30.3 Å². The molecule has 2 heterocycles. The summed E-state index contributed by atoms with van der Waals surface area (Å²) in [6.45, 7) is 1.56. The normalized spacial score (nSPS) is 26.8. The van der Waals surface area contributed by atoms with Gasteiger partial charge in [0, 0.05) is 25.9 Å². The maximum atomic E-state index is 12.7. The molecule has 26 heavy (non-hydrogen) atoms. The molecule has 1 unspecified atom stereocenters. The first kappa shape index (κ1) is 17.3. The van der Waals surface area contributed by atoms with E-state index in [1.165, 1.54) is 5.56 Å². The minimum atomic E-state index is -0.616. The zero-order valence-electron chi connectivity index (χ0n) is 15.1. The monoisotopic (exact) mass is 354 g/mol. The van der Waals surface area contributed by atoms with E-state index in [2.05, 4.69) is 29.6 Å². The van der Waals surface area contributed by atoms with E-state index >= 15 is 0 Å². The van der Waals surface area contributed by atoms with Crippen LogP contribution in [-0.2, 0) is 14.4 Å². The van der Waals surface area contributed by atoms with Crippen LogP contribution in [0.5, 0.6) is 0 Å². The van der Waals surface area contributed by atoms with Crippen LogP contribution in [0.1, 0.15) is 56.4 Å². The molecule has 1 aromatic rings. The van der Waals surface area contributed by atoms with Crippen LogP contribution in [0.3, 0.4) is 0 Å². The number of piperidine rings is 1. The van der Waals surface area contributed by atoms with Crippen molar-refractivity contribution < 1.29 is 14.4 Å². The fourth-order valence-electron chi connectivity index (χ4n) is 4.71. The average molecular weight is 354 g/mol. The molecule has 5 heteroatoms. The van der Waals surface area contributed by atoms with Gasteiger partial charge in [-0.3, -0.25) is 19.7 Å². The molecule has 1 saturated carbocycles. The molecule has 1 N–H and O–H groups in total. The second kappa shape index (κ2) is 6.86. The molecule has 0 bridgehead atoms. The Morgan fingerprint density at radius 2 is 1.77 bits per heavy atom. The second-order valence-electron chi connectivity index (χ2n) is 8.05. The Morgan fingerprint density at radius 1 is 1.08 bits per heavy atom. The molecule has 2 aliphatic heterocycles. The quantitative estimate of drug-likeness (QED) is 0.827. The van der Waals surface area contributed by atoms with Gasteiger partial charge in [0.05, 0.1) is 5.41 Å². The van der Waals surface area contributed by atoms with Crippen LogP contribution in [0.15, 0.2) is 30.3 Å². The van der Waals surface area contributed by atoms with E-state index in [1.54, 1.807) is 0 Å². The Kier molecular flexibility index (Phi) is 4.55. The van der Waals surface area contributed by atoms with Gasteiger partial charge in [-0.05, 0) is 49.5 Å². The molecule has 0 spiro atoms. The summed E-state index contributed by atoms with van der Waals surface area (Å²) in [7, 11) is 0. The van der Waals surface area contributed by atoms with Crippen molar-refractivity contribution in [3.05, 3.63) is 35.9 Å². The molecule has 0 aromatic heterocycles. The first-order valence-electron chi connectivity index (χ1n) is 9.75. The van der Waals surface area contributed by atoms with Crippen molar-refractivity contribution in [2.24, 2.45) is 11.3 Å². The van der Waals surface area contributed by atoms with Gasteiger partial charge >= 0.3 is 0 Å². The lowest BCUT2D eigenvalue weighted by molar-refractivity contribution is -0.134. The Morgan fingerprint density at radius 3 is 2.35 bits per heavy atom. The van der Waals surface area contributed by atoms with Crippen LogP contribution in [0, 0.1) is 11.3 Å². The molecule has 1 aromatic carbocycles. The van der Waals surface area contributed by atoms with Crippen LogP contribution in [-0.4, -0.2) is 35.7 Å². The van der Waals surface area contributed by atoms with Crippen LogP contribution in [0.4, 0.5) is 0 Å². The van der Waals surface area contributed by atoms with E-state index in [0.717, 1.165) is 38.8 Å². The lowest BCUT2D eigenvalue weighted by Crippen LogP contribution is -2.40. The first-order valence-corrected chi connectivity index (χ1v) is 9.75. The third kappa shape index (κ3) is 3.27. The molecular formula is C21H26N2O3. The predicted octanol–water partition coefficient (Wildman–Crippen LogP) is 2.62. The number of likely N-dealkylation sites (tertiary alicyclic amines) is 1. The van der Waals surface area contributed by atoms with Crippen LogP contribution >= 0.6 is 0 Å². The van der Waals surface area contributed by atoms with Crippen molar-refractivity contribution in [2.45, 2.75) is 50.9 Å². The average Bonchev–Trinajstić information content (AvgIpc) is 3.47. The number of carbonyl (C=O) groups is 3. The van der Waals surface area contributed by atoms with Gasteiger partial charge in [0.2, 0.25) is 17.7 Å². The number of hydrogen-bond donors (Lipinski definition) is 1. The SMILES string of the molecule is O=C1CC(CCC(=O)N2CCC(c3ccccc3)CC2)(C2CC2)C(=O)N1. The van der Waals surface area contributed by atoms with Crippen LogP contribution < -0.4 is 5.32 Å². The summed E-state index contributed by atoms with van der Waals surface area (Å²) in [5.74, 6) is 0.601. The summed E-state index contributed by atoms with van der Waals surface area (Å²) in [5, 5.41) is 2.45. The fraction of sp³-hybridized carbons (Fsp3) is 0.571. The number of benzene rings is 1. The van der Waals surface area contributed by atoms with E-state index in [9.17, 15) is 14.4 Å². The number of carbonyl (C=O) groups excluding carboxylic acids is 3. The minimum Gasteiger partial charge on any atom is -0.343 e. The molecule has 0 radical (unpaired) electrons. The van der Waals surface area contributed by atoms with Gasteiger partial charge in [0.1, 0.15) is 0 Å². The Bertz CT molecular complexity index is 705. The lowest BCUT2D eigenvalue weighted by atomic mass is 9.76. The molecule has 3 fully saturated rings. The highest BCUT2D eigenvalue weighted by atomic mass is 16.2. The number of nitrogens with one attached hydrogen (secondary N) is 1. The summed E-state index contributed by atoms with van der Waals surface area (Å²) < 4.78 is 0. The van der Waals surface area contributed by atoms with Crippen molar-refractivity contribution in [1.82, 2.24) is 10.2 Å². The summed E-state index contributed by atoms with van der Waals surface area (Å²) in [4.78, 5) is 38.6. The summed E-state index contributed by atoms with van der Waals surface area (Å²) in [6.07, 6.45) is 5.11. The maximum Gasteiger partial charge on any atom is 0.233 e. The predicted molar refractivity (Wildman–Crippen MR) is 97.2 cm³/mol. The molecule has 2 saturated heterocycles. The Balaban J connectivity index is 1.32. The minimum absolute atomic E-state index is 0.128. The number of nitrogens with zero attached hydrogens (tertiary/aromatic N) is 1. The number of rotatable bonds is 5. The van der Waals surface area contributed by atoms with Crippen molar-refractivity contribution in [3.8, 4) is 0 Å². The highest BCUT2D eigenvalue weighted by Gasteiger charge is 2.55. The van der Waals surface area contributed by atoms with Crippen molar-refractivity contribution in [1.29, 1.82) is 0 Å². The summed E-state index contributed by atoms with van der Waals surface area (Å²) >= 11 is 0. The largest absolute Gasteiger partial charge is 0.343 e. The zero-order valence-corrected chi connectivity index (χ0v) is 15.1. The number of hydrogen-bond acceptors (Lipinski definition) is 3. The Hall–Kier alpha value is -2.17. The van der Waals surface area contributed by atoms with Gasteiger partial charge in [-0.15, -0.1) is 0 Å². The lowest BCUT2D eigenvalue weighted by Gasteiger charge is -2.33. The maximum absolute atomic E-state index is 12.7. The van der Waals surface area contributed by atoms with E-state index in [-0.39, 0.29) is 30.1 Å². The van der Waals surface area contributed by atoms with Gasteiger partial charge < -0.3 is 4.90 Å². The van der Waals surface area contributed by atoms with Gasteiger partial charge in [-0.2, -0.15) is 0 Å². The van der Waals surface area contributed by atoms with Gasteiger partial charge in [0.15, 0.2) is 0 Å². The molecule has 138 valence electrons. The van der Waals surface area contributed by atoms with Crippen molar-refractivity contribution >= 4 is 17.7 Å². The topological polar surface area (TPSA) is 66.5 Å². The second-order valence-corrected chi connectivity index (χ2v) is 8.05. The van der Waals surface area contributed by atoms with Gasteiger partial charge in [0.25, 0.3) is 0 Å². The standard InChI is InChI=1S/C21H26N2O3/c24-18-14-21(17-6-7-17,20(26)22-18)11-8-19(25)23-12-9-16(10-13-23)15-4-2-1-3-5-15/h1-5,16-17H,6-14H2,(H,22,24,26). The molecule has 1 atom stereocenters. The molecular weight excluding hydrogens is 328 g/mol. The molecule has 3 amide bonds. The highest BCUT2D eigenvalue weighted by Crippen LogP contribution is 2.52. The summed E-state index contributed by atoms with van der Waals surface area (Å²) in [5.41, 5.74) is 0.739. The smallest absolute Gasteiger partial charge is 0.233 e. The highest BCUT2D eigenvalue weighted by molar-refractivity contribution is 6.06. The molecule has 3 aliphatic rings. The van der Waals surface area contributed by atoms with E-state index in [1.807, 2.05) is 11.0 Å². The van der Waals surface area contributed by atoms with E-state index < -0.39 is 5.41 Å². The number of amides is 3. The fourth-order valence-corrected chi connectivity index (χ4v) is 4.71.